The third kappa shape index (κ3) is 6.10. The molecule has 0 bridgehead atoms. The van der Waals surface area contributed by atoms with Gasteiger partial charge < -0.3 is 24.8 Å². The maximum Gasteiger partial charge on any atom is 0.190 e. The van der Waals surface area contributed by atoms with Crippen LogP contribution in [0.5, 0.6) is 5.75 Å². The highest BCUT2D eigenvalue weighted by atomic mass is 127. The monoisotopic (exact) mass is 562 g/mol. The largest absolute Gasteiger partial charge is 0.495 e. The van der Waals surface area contributed by atoms with Crippen LogP contribution in [0.15, 0.2) is 53.5 Å². The van der Waals surface area contributed by atoms with E-state index in [0.717, 1.165) is 68.6 Å². The van der Waals surface area contributed by atoms with Crippen molar-refractivity contribution in [3.05, 3.63) is 54.4 Å². The summed E-state index contributed by atoms with van der Waals surface area (Å²) in [5.74, 6) is 3.46. The topological polar surface area (TPSA) is 66.7 Å². The second-order valence-electron chi connectivity index (χ2n) is 8.31. The van der Waals surface area contributed by atoms with Gasteiger partial charge in [0.05, 0.1) is 23.8 Å². The second-order valence-corrected chi connectivity index (χ2v) is 8.31. The molecule has 1 fully saturated rings. The van der Waals surface area contributed by atoms with Gasteiger partial charge in [0, 0.05) is 39.8 Å². The minimum atomic E-state index is 0. The lowest BCUT2D eigenvalue weighted by atomic mass is 10.1. The molecule has 178 valence electrons. The zero-order chi connectivity index (χ0) is 22.3. The molecule has 3 aromatic rings. The number of para-hydroxylation sites is 4. The molecule has 0 saturated carbocycles. The van der Waals surface area contributed by atoms with Gasteiger partial charge in [0.1, 0.15) is 11.6 Å². The predicted octanol–water partition coefficient (Wildman–Crippen LogP) is 4.05. The standard InChI is InChI=1S/C25H34N6O.HI/c1-19-29-21-9-4-5-10-22(21)31(19)15-8-14-27-25(26-2)28-17-20-13-16-30(18-20)23-11-6-7-12-24(23)32-3;/h4-7,9-12,20H,8,13-18H2,1-3H3,(H2,26,27,28);1H. The van der Waals surface area contributed by atoms with Gasteiger partial charge in [0.15, 0.2) is 5.96 Å². The third-order valence-electron chi connectivity index (χ3n) is 6.19. The van der Waals surface area contributed by atoms with E-state index in [2.05, 4.69) is 67.3 Å². The Morgan fingerprint density at radius 2 is 1.94 bits per heavy atom. The van der Waals surface area contributed by atoms with Crippen molar-refractivity contribution < 1.29 is 4.74 Å². The zero-order valence-corrected chi connectivity index (χ0v) is 22.1. The first-order valence-corrected chi connectivity index (χ1v) is 11.4. The Kier molecular flexibility index (Phi) is 9.22. The number of hydrogen-bond acceptors (Lipinski definition) is 4. The van der Waals surface area contributed by atoms with Gasteiger partial charge in [0.25, 0.3) is 0 Å². The fourth-order valence-corrected chi connectivity index (χ4v) is 4.49. The van der Waals surface area contributed by atoms with Crippen molar-refractivity contribution in [1.29, 1.82) is 0 Å². The summed E-state index contributed by atoms with van der Waals surface area (Å²) in [5.41, 5.74) is 3.45. The molecule has 2 aromatic carbocycles. The molecule has 0 aliphatic carbocycles. The summed E-state index contributed by atoms with van der Waals surface area (Å²) in [4.78, 5) is 11.5. The van der Waals surface area contributed by atoms with Crippen molar-refractivity contribution in [2.75, 3.05) is 45.2 Å². The van der Waals surface area contributed by atoms with Gasteiger partial charge in [-0.15, -0.1) is 24.0 Å². The van der Waals surface area contributed by atoms with Crippen molar-refractivity contribution in [1.82, 2.24) is 20.2 Å². The first kappa shape index (κ1) is 25.1. The minimum absolute atomic E-state index is 0. The van der Waals surface area contributed by atoms with Crippen LogP contribution in [0.3, 0.4) is 0 Å². The SMILES string of the molecule is CN=C(NCCCn1c(C)nc2ccccc21)NCC1CCN(c2ccccc2OC)C1.I. The van der Waals surface area contributed by atoms with E-state index in [1.165, 1.54) is 11.2 Å². The van der Waals surface area contributed by atoms with Crippen LogP contribution in [-0.2, 0) is 6.54 Å². The number of methoxy groups -OCH3 is 1. The average Bonchev–Trinajstić information content (AvgIpc) is 3.42. The van der Waals surface area contributed by atoms with Crippen LogP contribution in [0, 0.1) is 12.8 Å². The molecule has 0 spiro atoms. The van der Waals surface area contributed by atoms with E-state index >= 15 is 0 Å². The van der Waals surface area contributed by atoms with Crippen molar-refractivity contribution in [3.63, 3.8) is 0 Å². The number of imidazole rings is 1. The number of fused-ring (bicyclic) bond motifs is 1. The van der Waals surface area contributed by atoms with Crippen LogP contribution in [0.4, 0.5) is 5.69 Å². The van der Waals surface area contributed by atoms with Gasteiger partial charge in [0.2, 0.25) is 0 Å². The summed E-state index contributed by atoms with van der Waals surface area (Å²) in [6.45, 7) is 6.87. The molecule has 2 N–H and O–H groups in total. The van der Waals surface area contributed by atoms with Crippen LogP contribution >= 0.6 is 24.0 Å². The Labute approximate surface area is 213 Å². The van der Waals surface area contributed by atoms with Gasteiger partial charge in [-0.2, -0.15) is 0 Å². The first-order chi connectivity index (χ1) is 15.7. The molecule has 1 aliphatic heterocycles. The summed E-state index contributed by atoms with van der Waals surface area (Å²) < 4.78 is 7.82. The highest BCUT2D eigenvalue weighted by Crippen LogP contribution is 2.31. The van der Waals surface area contributed by atoms with E-state index < -0.39 is 0 Å². The quantitative estimate of drug-likeness (QED) is 0.188. The van der Waals surface area contributed by atoms with Crippen molar-refractivity contribution in [2.45, 2.75) is 26.3 Å². The fourth-order valence-electron chi connectivity index (χ4n) is 4.49. The van der Waals surface area contributed by atoms with E-state index in [9.17, 15) is 0 Å². The van der Waals surface area contributed by atoms with Gasteiger partial charge in [-0.1, -0.05) is 24.3 Å². The Morgan fingerprint density at radius 3 is 2.76 bits per heavy atom. The van der Waals surface area contributed by atoms with E-state index in [0.29, 0.717) is 5.92 Å². The number of ether oxygens (including phenoxy) is 1. The lowest BCUT2D eigenvalue weighted by molar-refractivity contribution is 0.414. The summed E-state index contributed by atoms with van der Waals surface area (Å²) in [5, 5.41) is 6.96. The Morgan fingerprint density at radius 1 is 1.15 bits per heavy atom. The van der Waals surface area contributed by atoms with Crippen molar-refractivity contribution >= 4 is 46.7 Å². The van der Waals surface area contributed by atoms with Crippen molar-refractivity contribution in [2.24, 2.45) is 10.9 Å². The van der Waals surface area contributed by atoms with E-state index in [1.807, 2.05) is 25.2 Å². The van der Waals surface area contributed by atoms with Crippen LogP contribution < -0.4 is 20.3 Å². The van der Waals surface area contributed by atoms with Gasteiger partial charge in [-0.25, -0.2) is 4.98 Å². The molecular weight excluding hydrogens is 527 g/mol. The highest BCUT2D eigenvalue weighted by Gasteiger charge is 2.24. The number of nitrogens with one attached hydrogen (secondary N) is 2. The summed E-state index contributed by atoms with van der Waals surface area (Å²) in [6.07, 6.45) is 2.17. The average molecular weight is 563 g/mol. The zero-order valence-electron chi connectivity index (χ0n) is 19.8. The Balaban J connectivity index is 0.00000306. The normalized spacial score (nSPS) is 16.0. The number of benzene rings is 2. The molecule has 1 atom stereocenters. The maximum atomic E-state index is 5.53. The van der Waals surface area contributed by atoms with Gasteiger partial charge in [-0.3, -0.25) is 4.99 Å². The fraction of sp³-hybridized carbons (Fsp3) is 0.440. The van der Waals surface area contributed by atoms with Crippen LogP contribution in [0.25, 0.3) is 11.0 Å². The first-order valence-electron chi connectivity index (χ1n) is 11.4. The molecule has 8 heteroatoms. The lowest BCUT2D eigenvalue weighted by Crippen LogP contribution is -2.40. The Bertz CT molecular complexity index is 1070. The number of aryl methyl sites for hydroxylation is 2. The molecule has 1 aromatic heterocycles. The molecule has 1 aliphatic rings. The number of nitrogens with zero attached hydrogens (tertiary/aromatic N) is 4. The van der Waals surface area contributed by atoms with E-state index in [-0.39, 0.29) is 24.0 Å². The molecule has 2 heterocycles. The minimum Gasteiger partial charge on any atom is -0.495 e. The number of aliphatic imine (C=N–C) groups is 1. The summed E-state index contributed by atoms with van der Waals surface area (Å²) in [7, 11) is 3.57. The summed E-state index contributed by atoms with van der Waals surface area (Å²) in [6, 6.07) is 16.6. The summed E-state index contributed by atoms with van der Waals surface area (Å²) >= 11 is 0. The van der Waals surface area contributed by atoms with Crippen molar-refractivity contribution in [3.8, 4) is 5.75 Å². The number of halogens is 1. The number of hydrogen-bond donors (Lipinski definition) is 2. The molecular formula is C25H35IN6O. The van der Waals surface area contributed by atoms with Crippen LogP contribution in [0.1, 0.15) is 18.7 Å². The van der Waals surface area contributed by atoms with E-state index in [4.69, 9.17) is 4.74 Å². The van der Waals surface area contributed by atoms with Crippen LogP contribution in [-0.4, -0.2) is 55.8 Å². The van der Waals surface area contributed by atoms with Gasteiger partial charge >= 0.3 is 0 Å². The highest BCUT2D eigenvalue weighted by molar-refractivity contribution is 14.0. The number of rotatable bonds is 8. The molecule has 4 rings (SSSR count). The molecule has 7 nitrogen and oxygen atoms in total. The third-order valence-corrected chi connectivity index (χ3v) is 6.19. The van der Waals surface area contributed by atoms with E-state index in [1.54, 1.807) is 7.11 Å². The number of aromatic nitrogens is 2. The second kappa shape index (κ2) is 12.1. The molecule has 33 heavy (non-hydrogen) atoms. The lowest BCUT2D eigenvalue weighted by Gasteiger charge is -2.21. The molecule has 0 radical (unpaired) electrons. The number of anilines is 1. The molecule has 1 unspecified atom stereocenters. The molecule has 0 amide bonds. The Hall–Kier alpha value is -2.49. The molecule has 1 saturated heterocycles. The van der Waals surface area contributed by atoms with Crippen LogP contribution in [0.2, 0.25) is 0 Å². The predicted molar refractivity (Wildman–Crippen MR) is 147 cm³/mol. The number of guanidine groups is 1. The smallest absolute Gasteiger partial charge is 0.190 e. The maximum absolute atomic E-state index is 5.53. The van der Waals surface area contributed by atoms with Gasteiger partial charge in [-0.05, 0) is 49.9 Å².